The lowest BCUT2D eigenvalue weighted by atomic mass is 9.96. The molecule has 0 aliphatic carbocycles. The first kappa shape index (κ1) is 58.5. The van der Waals surface area contributed by atoms with Gasteiger partial charge in [-0.25, -0.2) is 0 Å². The lowest BCUT2D eigenvalue weighted by Crippen LogP contribution is -2.44. The van der Waals surface area contributed by atoms with E-state index < -0.39 is 0 Å². The van der Waals surface area contributed by atoms with Crippen molar-refractivity contribution < 1.29 is 15.3 Å². The van der Waals surface area contributed by atoms with Gasteiger partial charge in [-0.05, 0) is 144 Å². The van der Waals surface area contributed by atoms with Gasteiger partial charge in [0.25, 0.3) is 0 Å². The largest absolute Gasteiger partial charge is 0.506 e. The van der Waals surface area contributed by atoms with Gasteiger partial charge in [-0.3, -0.25) is 29.4 Å². The first-order valence-corrected chi connectivity index (χ1v) is 28.7. The molecule has 0 saturated carbocycles. The molecule has 436 valence electrons. The molecule has 0 amide bonds. The highest BCUT2D eigenvalue weighted by molar-refractivity contribution is 5.88. The van der Waals surface area contributed by atoms with E-state index in [1.807, 2.05) is 30.3 Å². The van der Waals surface area contributed by atoms with E-state index in [0.29, 0.717) is 41.6 Å². The Morgan fingerprint density at radius 1 is 0.358 bits per heavy atom. The minimum Gasteiger partial charge on any atom is -0.506 e. The van der Waals surface area contributed by atoms with E-state index in [1.165, 1.54) is 16.8 Å². The number of nitrogen functional groups attached to an aromatic ring is 2. The van der Waals surface area contributed by atoms with Gasteiger partial charge in [-0.15, -0.1) is 10.2 Å². The zero-order valence-corrected chi connectivity index (χ0v) is 50.1. The van der Waals surface area contributed by atoms with Gasteiger partial charge in [0.15, 0.2) is 11.5 Å². The number of benzene rings is 5. The smallest absolute Gasteiger partial charge is 0.167 e. The van der Waals surface area contributed by atoms with Crippen LogP contribution in [0.4, 0.5) is 68.2 Å². The summed E-state index contributed by atoms with van der Waals surface area (Å²) >= 11 is 0. The summed E-state index contributed by atoms with van der Waals surface area (Å²) < 4.78 is 0. The van der Waals surface area contributed by atoms with E-state index in [4.69, 9.17) is 21.7 Å². The van der Waals surface area contributed by atoms with Crippen molar-refractivity contribution in [2.45, 2.75) is 80.8 Å². The molecule has 11 rings (SSSR count). The summed E-state index contributed by atoms with van der Waals surface area (Å²) in [6.07, 6.45) is 0. The van der Waals surface area contributed by atoms with Crippen LogP contribution < -0.4 is 40.9 Å². The monoisotopic (exact) mass is 1110 g/mol. The third-order valence-electron chi connectivity index (χ3n) is 16.2. The van der Waals surface area contributed by atoms with Crippen molar-refractivity contribution in [3.05, 3.63) is 88.0 Å². The molecule has 0 aromatic heterocycles. The number of hydrogen-bond donors (Lipinski definition) is 5. The number of aromatic hydroxyl groups is 3. The van der Waals surface area contributed by atoms with E-state index in [1.54, 1.807) is 24.3 Å². The minimum atomic E-state index is 0.193. The number of phenolic OH excluding ortho intramolecular Hbond substituents is 3. The Kier molecular flexibility index (Phi) is 18.0. The zero-order valence-electron chi connectivity index (χ0n) is 50.1. The maximum absolute atomic E-state index is 11.8. The van der Waals surface area contributed by atoms with Crippen LogP contribution in [-0.4, -0.2) is 166 Å². The molecular formula is C60H88N18O3. The third kappa shape index (κ3) is 12.0. The number of nitrogens with two attached hydrogens (primary N) is 2. The van der Waals surface area contributed by atoms with Gasteiger partial charge >= 0.3 is 0 Å². The molecule has 0 spiro atoms. The molecule has 6 aliphatic rings. The Balaban J connectivity index is 0.000000222. The molecule has 81 heavy (non-hydrogen) atoms. The van der Waals surface area contributed by atoms with Crippen molar-refractivity contribution in [1.82, 2.24) is 29.4 Å². The zero-order chi connectivity index (χ0) is 58.0. The van der Waals surface area contributed by atoms with Gasteiger partial charge in [0, 0.05) is 123 Å². The Hall–Kier alpha value is -7.14. The average Bonchev–Trinajstić information content (AvgIpc) is 3.48. The number of azo groups is 2. The summed E-state index contributed by atoms with van der Waals surface area (Å²) in [4.78, 5) is 27.5. The molecule has 21 nitrogen and oxygen atoms in total. The van der Waals surface area contributed by atoms with Crippen LogP contribution in [0.2, 0.25) is 0 Å². The number of rotatable bonds is 10. The number of hydrogen-bond acceptors (Lipinski definition) is 21. The van der Waals surface area contributed by atoms with E-state index >= 15 is 0 Å². The first-order valence-electron chi connectivity index (χ1n) is 28.7. The lowest BCUT2D eigenvalue weighted by molar-refractivity contribution is 0.293. The number of phenols is 3. The maximum atomic E-state index is 11.8. The Labute approximate surface area is 480 Å². The molecule has 0 unspecified atom stereocenters. The van der Waals surface area contributed by atoms with Gasteiger partial charge in [-0.2, -0.15) is 10.2 Å². The highest BCUT2D eigenvalue weighted by atomic mass is 16.3. The van der Waals surface area contributed by atoms with Crippen LogP contribution in [0.5, 0.6) is 17.2 Å². The van der Waals surface area contributed by atoms with Crippen molar-refractivity contribution in [2.75, 3.05) is 162 Å². The van der Waals surface area contributed by atoms with Gasteiger partial charge in [0.1, 0.15) is 17.1 Å². The van der Waals surface area contributed by atoms with E-state index in [2.05, 4.69) is 153 Å². The van der Waals surface area contributed by atoms with E-state index in [-0.39, 0.29) is 11.5 Å². The van der Waals surface area contributed by atoms with Crippen molar-refractivity contribution in [1.29, 1.82) is 0 Å². The van der Waals surface area contributed by atoms with Crippen molar-refractivity contribution >= 4 is 68.2 Å². The Morgan fingerprint density at radius 2 is 0.642 bits per heavy atom. The van der Waals surface area contributed by atoms with E-state index in [0.717, 1.165) is 168 Å². The van der Waals surface area contributed by atoms with Crippen molar-refractivity contribution in [2.24, 2.45) is 20.5 Å². The molecule has 0 saturated heterocycles. The second-order valence-corrected chi connectivity index (χ2v) is 22.6. The van der Waals surface area contributed by atoms with Crippen molar-refractivity contribution in [3.63, 3.8) is 0 Å². The fraction of sp³-hybridized carbons (Fsp3) is 0.500. The highest BCUT2D eigenvalue weighted by Gasteiger charge is 2.38. The molecular weight excluding hydrogens is 1020 g/mol. The molecule has 6 heterocycles. The molecule has 0 atom stereocenters. The van der Waals surface area contributed by atoms with Gasteiger partial charge < -0.3 is 56.2 Å². The van der Waals surface area contributed by atoms with Crippen LogP contribution in [0.3, 0.4) is 0 Å². The molecule has 7 N–H and O–H groups in total. The maximum Gasteiger partial charge on any atom is 0.167 e. The fourth-order valence-corrected chi connectivity index (χ4v) is 12.6. The molecule has 0 fully saturated rings. The second kappa shape index (κ2) is 24.9. The quantitative estimate of drug-likeness (QED) is 0.0653. The predicted octanol–water partition coefficient (Wildman–Crippen LogP) is 9.55. The Morgan fingerprint density at radius 3 is 0.988 bits per heavy atom. The van der Waals surface area contributed by atoms with Gasteiger partial charge in [-0.1, -0.05) is 0 Å². The minimum absolute atomic E-state index is 0.193. The molecule has 0 bridgehead atoms. The highest BCUT2D eigenvalue weighted by Crippen LogP contribution is 2.54. The summed E-state index contributed by atoms with van der Waals surface area (Å²) in [6.45, 7) is 27.7. The number of nitrogens with zero attached hydrogens (tertiary/aromatic N) is 16. The number of anilines is 8. The second-order valence-electron chi connectivity index (χ2n) is 22.6. The molecule has 5 aromatic rings. The SMILES string of the molecule is CCN1CN(C)Cc2c1c(O)c(N=Nc1ccc(N=Nc3c(O)c4c(c5c3CN(C)CN5CC)CN(C)CN4CC)cc1)c1c2N(CC)CN(C)C1.CCN1CN(C)Cc2c1c(O)cc1c2N(CC)CN(C)C1.Nc1ccc(N)cc1. The molecule has 6 aliphatic heterocycles. The van der Waals surface area contributed by atoms with Crippen LogP contribution >= 0.6 is 0 Å². The standard InChI is InChI=1S/C38H54N12O2.C16H26N4O.C6H8N2/c1-9-47-21-43(5)17-27-31(37(51)35-29(33(27)47)19-45(7)23-49(35)11-3)41-39-25-13-15-26(16-14-25)40-42-32-28-18-44(6)22-48(10-2)34(28)30-20-46(8)24-50(12-4)36(30)38(32)52;1-5-19-10-17(3)8-12-7-14(21)16-13(15(12)19)9-18(4)11-20(16)6-2;7-5-1-2-6(8)4-3-5/h13-16,51-52H,9-12,17-24H2,1-8H3;7,21H,5-6,8-11H2,1-4H3;1-4H,7-8H2. The van der Waals surface area contributed by atoms with Crippen LogP contribution in [0.15, 0.2) is 75.1 Å². The summed E-state index contributed by atoms with van der Waals surface area (Å²) in [5.74, 6) is 0.820. The summed E-state index contributed by atoms with van der Waals surface area (Å²) in [6, 6.07) is 16.5. The Bertz CT molecular complexity index is 2940. The summed E-state index contributed by atoms with van der Waals surface area (Å²) in [5, 5.41) is 52.9. The van der Waals surface area contributed by atoms with Crippen molar-refractivity contribution in [3.8, 4) is 17.2 Å². The average molecular weight is 1110 g/mol. The molecule has 0 radical (unpaired) electrons. The van der Waals surface area contributed by atoms with Crippen LogP contribution in [-0.2, 0) is 39.3 Å². The fourth-order valence-electron chi connectivity index (χ4n) is 12.6. The predicted molar refractivity (Wildman–Crippen MR) is 331 cm³/mol. The molecule has 5 aromatic carbocycles. The summed E-state index contributed by atoms with van der Waals surface area (Å²) in [5.41, 5.74) is 27.9. The number of fused-ring (bicyclic) bond motifs is 9. The van der Waals surface area contributed by atoms with Gasteiger partial charge in [0.05, 0.1) is 79.8 Å². The first-order chi connectivity index (χ1) is 38.9. The van der Waals surface area contributed by atoms with Gasteiger partial charge in [0.2, 0.25) is 0 Å². The summed E-state index contributed by atoms with van der Waals surface area (Å²) in [7, 11) is 12.7. The topological polar surface area (TPSA) is 201 Å². The van der Waals surface area contributed by atoms with E-state index in [9.17, 15) is 15.3 Å². The van der Waals surface area contributed by atoms with Crippen LogP contribution in [0, 0.1) is 0 Å². The van der Waals surface area contributed by atoms with Crippen LogP contribution in [0.25, 0.3) is 0 Å². The molecule has 21 heteroatoms. The van der Waals surface area contributed by atoms with Crippen LogP contribution in [0.1, 0.15) is 74.9 Å². The lowest BCUT2D eigenvalue weighted by Gasteiger charge is -2.43. The third-order valence-corrected chi connectivity index (χ3v) is 16.2. The normalized spacial score (nSPS) is 18.0.